The van der Waals surface area contributed by atoms with Gasteiger partial charge in [0.1, 0.15) is 0 Å². The zero-order valence-corrected chi connectivity index (χ0v) is 22.6. The lowest BCUT2D eigenvalue weighted by Gasteiger charge is -2.35. The number of hydrogen-bond acceptors (Lipinski definition) is 8. The largest absolute Gasteiger partial charge is 0.493 e. The minimum atomic E-state index is 0.182. The molecular weight excluding hydrogens is 484 g/mol. The van der Waals surface area contributed by atoms with Crippen LogP contribution in [0.1, 0.15) is 34.8 Å². The quantitative estimate of drug-likeness (QED) is 0.351. The third kappa shape index (κ3) is 5.06. The number of fused-ring (bicyclic) bond motifs is 1. The summed E-state index contributed by atoms with van der Waals surface area (Å²) in [7, 11) is 3.29. The molecule has 1 aliphatic heterocycles. The summed E-state index contributed by atoms with van der Waals surface area (Å²) >= 11 is 0. The van der Waals surface area contributed by atoms with Crippen LogP contribution in [0, 0.1) is 20.8 Å². The molecule has 1 fully saturated rings. The number of piperazine rings is 1. The van der Waals surface area contributed by atoms with E-state index in [2.05, 4.69) is 26.3 Å². The molecule has 0 unspecified atom stereocenters. The number of carbonyl (C=O) groups excluding carboxylic acids is 1. The molecule has 11 heteroatoms. The normalized spacial score (nSPS) is 14.3. The molecular formula is C27H34N8O3. The van der Waals surface area contributed by atoms with E-state index in [-0.39, 0.29) is 5.91 Å². The first-order chi connectivity index (χ1) is 18.4. The molecule has 1 saturated heterocycles. The molecule has 200 valence electrons. The molecule has 38 heavy (non-hydrogen) atoms. The molecule has 3 aromatic heterocycles. The highest BCUT2D eigenvalue weighted by molar-refractivity contribution is 5.76. The Balaban J connectivity index is 1.17. The van der Waals surface area contributed by atoms with Crippen LogP contribution in [0.25, 0.3) is 11.5 Å². The van der Waals surface area contributed by atoms with E-state index in [9.17, 15) is 4.79 Å². The van der Waals surface area contributed by atoms with Crippen molar-refractivity contribution in [1.82, 2.24) is 39.4 Å². The van der Waals surface area contributed by atoms with Crippen LogP contribution in [-0.4, -0.2) is 85.7 Å². The highest BCUT2D eigenvalue weighted by atomic mass is 16.5. The second-order valence-electron chi connectivity index (χ2n) is 9.62. The Bertz CT molecular complexity index is 1450. The summed E-state index contributed by atoms with van der Waals surface area (Å²) in [6, 6.07) is 9.78. The standard InChI is InChI=1S/C27H34N8O3/c1-18-22(19(2)34(30-18)26-10-9-25-29-28-20(3)35(25)31-26)7-11-27(36)33-14-12-32(13-15-33)17-21-6-8-23(37-4)24(16-21)38-5/h6,8-10,16H,7,11-15,17H2,1-5H3. The van der Waals surface area contributed by atoms with E-state index >= 15 is 0 Å². The van der Waals surface area contributed by atoms with Gasteiger partial charge in [0.15, 0.2) is 28.8 Å². The fraction of sp³-hybridized carbons (Fsp3) is 0.444. The summed E-state index contributed by atoms with van der Waals surface area (Å²) in [5, 5.41) is 17.5. The van der Waals surface area contributed by atoms with Crippen LogP contribution >= 0.6 is 0 Å². The van der Waals surface area contributed by atoms with Crippen LogP contribution in [-0.2, 0) is 17.8 Å². The van der Waals surface area contributed by atoms with Gasteiger partial charge in [-0.05, 0) is 62.6 Å². The molecule has 0 spiro atoms. The number of hydrogen-bond donors (Lipinski definition) is 0. The van der Waals surface area contributed by atoms with Crippen molar-refractivity contribution < 1.29 is 14.3 Å². The Hall–Kier alpha value is -3.99. The molecule has 0 aliphatic carbocycles. The Morgan fingerprint density at radius 2 is 1.68 bits per heavy atom. The number of benzene rings is 1. The van der Waals surface area contributed by atoms with E-state index in [4.69, 9.17) is 14.6 Å². The topological polar surface area (TPSA) is 103 Å². The van der Waals surface area contributed by atoms with Crippen LogP contribution in [0.2, 0.25) is 0 Å². The molecule has 1 aromatic carbocycles. The van der Waals surface area contributed by atoms with E-state index in [1.54, 1.807) is 18.7 Å². The van der Waals surface area contributed by atoms with Crippen LogP contribution < -0.4 is 9.47 Å². The second kappa shape index (κ2) is 10.8. The lowest BCUT2D eigenvalue weighted by molar-refractivity contribution is -0.133. The summed E-state index contributed by atoms with van der Waals surface area (Å²) in [6.45, 7) is 9.83. The van der Waals surface area contributed by atoms with Crippen molar-refractivity contribution >= 4 is 11.6 Å². The molecule has 11 nitrogen and oxygen atoms in total. The van der Waals surface area contributed by atoms with Crippen molar-refractivity contribution in [2.45, 2.75) is 40.2 Å². The summed E-state index contributed by atoms with van der Waals surface area (Å²) in [5.41, 5.74) is 4.86. The number of methoxy groups -OCH3 is 2. The molecule has 4 aromatic rings. The van der Waals surface area contributed by atoms with Crippen LogP contribution in [0.4, 0.5) is 0 Å². The molecule has 1 amide bonds. The summed E-state index contributed by atoms with van der Waals surface area (Å²) < 4.78 is 14.3. The summed E-state index contributed by atoms with van der Waals surface area (Å²) in [6.07, 6.45) is 1.11. The number of carbonyl (C=O) groups is 1. The third-order valence-corrected chi connectivity index (χ3v) is 7.23. The fourth-order valence-corrected chi connectivity index (χ4v) is 5.04. The predicted octanol–water partition coefficient (Wildman–Crippen LogP) is 2.53. The lowest BCUT2D eigenvalue weighted by Crippen LogP contribution is -2.48. The van der Waals surface area contributed by atoms with Gasteiger partial charge in [0, 0.05) is 44.8 Å². The Morgan fingerprint density at radius 3 is 2.42 bits per heavy atom. The number of ether oxygens (including phenoxy) is 2. The van der Waals surface area contributed by atoms with Gasteiger partial charge in [-0.1, -0.05) is 6.07 Å². The van der Waals surface area contributed by atoms with Crippen molar-refractivity contribution in [3.8, 4) is 17.3 Å². The van der Waals surface area contributed by atoms with Crippen LogP contribution in [0.15, 0.2) is 30.3 Å². The average Bonchev–Trinajstić information content (AvgIpc) is 3.45. The molecule has 5 rings (SSSR count). The molecule has 1 aliphatic rings. The number of nitrogens with zero attached hydrogens (tertiary/aromatic N) is 8. The number of aryl methyl sites for hydroxylation is 2. The fourth-order valence-electron chi connectivity index (χ4n) is 5.04. The van der Waals surface area contributed by atoms with Gasteiger partial charge in [0.05, 0.1) is 19.9 Å². The van der Waals surface area contributed by atoms with Gasteiger partial charge in [0.2, 0.25) is 5.91 Å². The molecule has 0 atom stereocenters. The second-order valence-corrected chi connectivity index (χ2v) is 9.62. The number of aromatic nitrogens is 6. The monoisotopic (exact) mass is 518 g/mol. The van der Waals surface area contributed by atoms with Gasteiger partial charge < -0.3 is 14.4 Å². The van der Waals surface area contributed by atoms with Crippen molar-refractivity contribution in [1.29, 1.82) is 0 Å². The molecule has 0 saturated carbocycles. The van der Waals surface area contributed by atoms with Gasteiger partial charge in [0.25, 0.3) is 0 Å². The van der Waals surface area contributed by atoms with Gasteiger partial charge >= 0.3 is 0 Å². The Morgan fingerprint density at radius 1 is 0.921 bits per heavy atom. The van der Waals surface area contributed by atoms with Gasteiger partial charge in [-0.25, -0.2) is 4.68 Å². The summed E-state index contributed by atoms with van der Waals surface area (Å²) in [5.74, 6) is 3.06. The maximum absolute atomic E-state index is 13.1. The molecule has 4 heterocycles. The van der Waals surface area contributed by atoms with E-state index < -0.39 is 0 Å². The van der Waals surface area contributed by atoms with E-state index in [1.807, 2.05) is 54.6 Å². The van der Waals surface area contributed by atoms with E-state index in [0.717, 1.165) is 67.0 Å². The van der Waals surface area contributed by atoms with Gasteiger partial charge in [-0.15, -0.1) is 15.3 Å². The maximum Gasteiger partial charge on any atom is 0.222 e. The molecule has 0 bridgehead atoms. The minimum Gasteiger partial charge on any atom is -0.493 e. The lowest BCUT2D eigenvalue weighted by atomic mass is 10.1. The highest BCUT2D eigenvalue weighted by Gasteiger charge is 2.23. The zero-order valence-electron chi connectivity index (χ0n) is 22.6. The first-order valence-corrected chi connectivity index (χ1v) is 12.8. The predicted molar refractivity (Wildman–Crippen MR) is 142 cm³/mol. The molecule has 0 N–H and O–H groups in total. The van der Waals surface area contributed by atoms with Crippen molar-refractivity contribution in [2.24, 2.45) is 0 Å². The summed E-state index contributed by atoms with van der Waals surface area (Å²) in [4.78, 5) is 17.4. The minimum absolute atomic E-state index is 0.182. The van der Waals surface area contributed by atoms with Crippen LogP contribution in [0.5, 0.6) is 11.5 Å². The highest BCUT2D eigenvalue weighted by Crippen LogP contribution is 2.28. The maximum atomic E-state index is 13.1. The first kappa shape index (κ1) is 25.7. The Kier molecular flexibility index (Phi) is 7.28. The van der Waals surface area contributed by atoms with Crippen molar-refractivity contribution in [2.75, 3.05) is 40.4 Å². The van der Waals surface area contributed by atoms with Crippen molar-refractivity contribution in [3.05, 3.63) is 58.7 Å². The third-order valence-electron chi connectivity index (χ3n) is 7.23. The van der Waals surface area contributed by atoms with Gasteiger partial charge in [-0.2, -0.15) is 9.61 Å². The van der Waals surface area contributed by atoms with Gasteiger partial charge in [-0.3, -0.25) is 9.69 Å². The zero-order chi connectivity index (χ0) is 26.8. The SMILES string of the molecule is COc1ccc(CN2CCN(C(=O)CCc3c(C)nn(-c4ccc5nnc(C)n5n4)c3C)CC2)cc1OC. The number of rotatable bonds is 8. The van der Waals surface area contributed by atoms with Crippen molar-refractivity contribution in [3.63, 3.8) is 0 Å². The van der Waals surface area contributed by atoms with Crippen LogP contribution in [0.3, 0.4) is 0 Å². The van der Waals surface area contributed by atoms with E-state index in [0.29, 0.717) is 24.3 Å². The Labute approximate surface area is 222 Å². The number of amides is 1. The van der Waals surface area contributed by atoms with E-state index in [1.165, 1.54) is 5.56 Å². The average molecular weight is 519 g/mol. The first-order valence-electron chi connectivity index (χ1n) is 12.8. The smallest absolute Gasteiger partial charge is 0.222 e. The molecule has 0 radical (unpaired) electrons.